The zero-order valence-electron chi connectivity index (χ0n) is 18.9. The molecule has 0 radical (unpaired) electrons. The molecule has 0 bridgehead atoms. The molecule has 7 nitrogen and oxygen atoms in total. The number of hydrogen-bond acceptors (Lipinski definition) is 5. The van der Waals surface area contributed by atoms with Gasteiger partial charge >= 0.3 is 0 Å². The van der Waals surface area contributed by atoms with Crippen LogP contribution < -0.4 is 10.6 Å². The maximum absolute atomic E-state index is 13.4. The molecule has 1 aromatic carbocycles. The predicted molar refractivity (Wildman–Crippen MR) is 118 cm³/mol. The lowest BCUT2D eigenvalue weighted by Gasteiger charge is -2.29. The number of carbonyl (C=O) groups excluding carboxylic acids is 3. The number of aliphatic hydroxyl groups is 1. The van der Waals surface area contributed by atoms with E-state index in [9.17, 15) is 28.3 Å². The number of benzene rings is 1. The van der Waals surface area contributed by atoms with E-state index in [1.165, 1.54) is 6.92 Å². The molecular formula is C24H27F2N3O4. The number of halogens is 2. The first-order valence-electron chi connectivity index (χ1n) is 10.6. The van der Waals surface area contributed by atoms with Crippen LogP contribution in [0.5, 0.6) is 0 Å². The molecule has 0 saturated heterocycles. The molecule has 1 heterocycles. The Balaban J connectivity index is 1.74. The van der Waals surface area contributed by atoms with Crippen molar-refractivity contribution < 1.29 is 28.3 Å². The van der Waals surface area contributed by atoms with Crippen LogP contribution in [-0.2, 0) is 14.4 Å². The Bertz CT molecular complexity index is 1060. The topological polar surface area (TPSA) is 108 Å². The van der Waals surface area contributed by atoms with Crippen LogP contribution in [0.3, 0.4) is 0 Å². The standard InChI is InChI=1S/C24H27F2N3O4/c1-12-5-6-17-19(20(12)30)18(10-24(3,4)11-27-17)29-22(32)13(2)28-23(33)21(31)14-7-15(25)9-16(26)8-14/h5-9,11-13,18,21,31H,10H2,1-4H3,(H,28,33)(H,29,32)/t12?,13-,18?,21-/m0/s1. The maximum atomic E-state index is 13.4. The SMILES string of the molecule is CC1C=CC2=C(C1=O)C(NC(=O)[C@H](C)NC(=O)[C@@H](O)c1cc(F)cc(F)c1)CC(C)(C)C=N2. The largest absolute Gasteiger partial charge is 0.378 e. The molecule has 0 spiro atoms. The lowest BCUT2D eigenvalue weighted by atomic mass is 9.81. The average Bonchev–Trinajstić information content (AvgIpc) is 2.85. The minimum Gasteiger partial charge on any atom is -0.378 e. The molecule has 1 aliphatic heterocycles. The fraction of sp³-hybridized carbons (Fsp3) is 0.417. The van der Waals surface area contributed by atoms with Gasteiger partial charge < -0.3 is 15.7 Å². The van der Waals surface area contributed by atoms with Gasteiger partial charge in [-0.3, -0.25) is 19.4 Å². The zero-order chi connectivity index (χ0) is 24.5. The number of hydrogen-bond donors (Lipinski definition) is 3. The molecule has 9 heteroatoms. The van der Waals surface area contributed by atoms with Crippen molar-refractivity contribution in [2.75, 3.05) is 0 Å². The van der Waals surface area contributed by atoms with Crippen molar-refractivity contribution in [1.82, 2.24) is 10.6 Å². The smallest absolute Gasteiger partial charge is 0.254 e. The van der Waals surface area contributed by atoms with Crippen LogP contribution in [0, 0.1) is 23.0 Å². The summed E-state index contributed by atoms with van der Waals surface area (Å²) in [6.07, 6.45) is 3.82. The molecule has 2 amide bonds. The molecule has 2 aliphatic rings. The summed E-state index contributed by atoms with van der Waals surface area (Å²) < 4.78 is 26.8. The third-order valence-electron chi connectivity index (χ3n) is 5.65. The number of aliphatic imine (C=N–C) groups is 1. The summed E-state index contributed by atoms with van der Waals surface area (Å²) >= 11 is 0. The second-order valence-electron chi connectivity index (χ2n) is 9.16. The van der Waals surface area contributed by atoms with Crippen molar-refractivity contribution in [2.24, 2.45) is 16.3 Å². The summed E-state index contributed by atoms with van der Waals surface area (Å²) in [6.45, 7) is 7.04. The average molecular weight is 459 g/mol. The van der Waals surface area contributed by atoms with E-state index in [4.69, 9.17) is 0 Å². The third kappa shape index (κ3) is 5.60. The van der Waals surface area contributed by atoms with Crippen LogP contribution >= 0.6 is 0 Å². The molecule has 176 valence electrons. The predicted octanol–water partition coefficient (Wildman–Crippen LogP) is 2.52. The van der Waals surface area contributed by atoms with E-state index in [-0.39, 0.29) is 17.3 Å². The van der Waals surface area contributed by atoms with Gasteiger partial charge in [-0.05, 0) is 37.1 Å². The van der Waals surface area contributed by atoms with Crippen LogP contribution in [0.15, 0.2) is 46.6 Å². The van der Waals surface area contributed by atoms with Crippen LogP contribution in [0.25, 0.3) is 0 Å². The van der Waals surface area contributed by atoms with Gasteiger partial charge in [-0.2, -0.15) is 0 Å². The van der Waals surface area contributed by atoms with Gasteiger partial charge in [0.1, 0.15) is 17.7 Å². The van der Waals surface area contributed by atoms with Gasteiger partial charge in [0.2, 0.25) is 5.91 Å². The number of amides is 2. The highest BCUT2D eigenvalue weighted by molar-refractivity contribution is 6.03. The highest BCUT2D eigenvalue weighted by Gasteiger charge is 2.36. The van der Waals surface area contributed by atoms with Crippen LogP contribution in [0.2, 0.25) is 0 Å². The Hall–Kier alpha value is -3.20. The number of nitrogens with one attached hydrogen (secondary N) is 2. The minimum atomic E-state index is -1.86. The summed E-state index contributed by atoms with van der Waals surface area (Å²) in [5.74, 6) is -3.93. The molecule has 1 aliphatic carbocycles. The first-order chi connectivity index (χ1) is 15.4. The lowest BCUT2D eigenvalue weighted by Crippen LogP contribution is -2.51. The number of Topliss-reactive ketones (excluding diaryl/α,β-unsaturated/α-hetero) is 1. The van der Waals surface area contributed by atoms with E-state index in [1.54, 1.807) is 25.3 Å². The van der Waals surface area contributed by atoms with Gasteiger partial charge in [-0.15, -0.1) is 0 Å². The van der Waals surface area contributed by atoms with E-state index < -0.39 is 47.1 Å². The fourth-order valence-corrected chi connectivity index (χ4v) is 3.83. The van der Waals surface area contributed by atoms with Crippen molar-refractivity contribution in [3.8, 4) is 0 Å². The van der Waals surface area contributed by atoms with Crippen molar-refractivity contribution in [3.05, 3.63) is 58.8 Å². The van der Waals surface area contributed by atoms with E-state index in [0.29, 0.717) is 23.8 Å². The zero-order valence-corrected chi connectivity index (χ0v) is 18.9. The second kappa shape index (κ2) is 9.35. The van der Waals surface area contributed by atoms with Gasteiger partial charge in [-0.1, -0.05) is 26.8 Å². The molecule has 2 unspecified atom stereocenters. The number of carbonyl (C=O) groups is 3. The minimum absolute atomic E-state index is 0.132. The van der Waals surface area contributed by atoms with E-state index in [2.05, 4.69) is 15.6 Å². The number of aliphatic hydroxyl groups excluding tert-OH is 1. The summed E-state index contributed by atoms with van der Waals surface area (Å²) in [7, 11) is 0. The highest BCUT2D eigenvalue weighted by atomic mass is 19.1. The van der Waals surface area contributed by atoms with Crippen molar-refractivity contribution >= 4 is 23.8 Å². The second-order valence-corrected chi connectivity index (χ2v) is 9.16. The third-order valence-corrected chi connectivity index (χ3v) is 5.65. The number of nitrogens with zero attached hydrogens (tertiary/aromatic N) is 1. The summed E-state index contributed by atoms with van der Waals surface area (Å²) in [4.78, 5) is 42.6. The molecule has 33 heavy (non-hydrogen) atoms. The maximum Gasteiger partial charge on any atom is 0.254 e. The lowest BCUT2D eigenvalue weighted by molar-refractivity contribution is -0.134. The molecule has 0 saturated carbocycles. The van der Waals surface area contributed by atoms with Crippen molar-refractivity contribution in [1.29, 1.82) is 0 Å². The van der Waals surface area contributed by atoms with Crippen LogP contribution in [-0.4, -0.2) is 41.0 Å². The summed E-state index contributed by atoms with van der Waals surface area (Å²) in [5.41, 5.74) is 0.225. The van der Waals surface area contributed by atoms with Gasteiger partial charge in [0.05, 0.1) is 11.7 Å². The molecule has 1 aromatic rings. The van der Waals surface area contributed by atoms with Gasteiger partial charge in [0.25, 0.3) is 5.91 Å². The number of ketones is 1. The van der Waals surface area contributed by atoms with E-state index >= 15 is 0 Å². The Morgan fingerprint density at radius 3 is 2.45 bits per heavy atom. The Morgan fingerprint density at radius 2 is 1.82 bits per heavy atom. The van der Waals surface area contributed by atoms with Gasteiger partial charge in [0, 0.05) is 29.2 Å². The highest BCUT2D eigenvalue weighted by Crippen LogP contribution is 2.33. The van der Waals surface area contributed by atoms with E-state index in [0.717, 1.165) is 12.1 Å². The molecule has 0 aromatic heterocycles. The molecule has 0 fully saturated rings. The molecule has 3 rings (SSSR count). The Labute approximate surface area is 190 Å². The fourth-order valence-electron chi connectivity index (χ4n) is 3.83. The van der Waals surface area contributed by atoms with Crippen LogP contribution in [0.4, 0.5) is 8.78 Å². The summed E-state index contributed by atoms with van der Waals surface area (Å²) in [5, 5.41) is 15.3. The van der Waals surface area contributed by atoms with Gasteiger partial charge in [-0.25, -0.2) is 8.78 Å². The molecule has 3 N–H and O–H groups in total. The van der Waals surface area contributed by atoms with Gasteiger partial charge in [0.15, 0.2) is 11.9 Å². The van der Waals surface area contributed by atoms with E-state index in [1.807, 2.05) is 13.8 Å². The monoisotopic (exact) mass is 459 g/mol. The number of allylic oxidation sites excluding steroid dienone is 2. The van der Waals surface area contributed by atoms with Crippen molar-refractivity contribution in [2.45, 2.75) is 52.3 Å². The summed E-state index contributed by atoms with van der Waals surface area (Å²) in [6, 6.07) is 0.569. The molecule has 4 atom stereocenters. The first kappa shape index (κ1) is 24.4. The molecular weight excluding hydrogens is 432 g/mol. The number of rotatable bonds is 5. The quantitative estimate of drug-likeness (QED) is 0.629. The van der Waals surface area contributed by atoms with Crippen molar-refractivity contribution in [3.63, 3.8) is 0 Å². The Morgan fingerprint density at radius 1 is 1.18 bits per heavy atom. The first-order valence-corrected chi connectivity index (χ1v) is 10.6. The van der Waals surface area contributed by atoms with Crippen LogP contribution in [0.1, 0.15) is 45.8 Å². The normalized spacial score (nSPS) is 23.4. The Kier molecular flexibility index (Phi) is 6.92.